The number of alkyl halides is 2. The number of nitrogens with one attached hydrogen (secondary N) is 1. The Morgan fingerprint density at radius 1 is 1.28 bits per heavy atom. The second-order valence-corrected chi connectivity index (χ2v) is 7.62. The summed E-state index contributed by atoms with van der Waals surface area (Å²) in [5.74, 6) is -1.11. The van der Waals surface area contributed by atoms with Crippen LogP contribution >= 0.6 is 11.6 Å². The van der Waals surface area contributed by atoms with Gasteiger partial charge < -0.3 is 10.1 Å². The molecule has 0 bridgehead atoms. The van der Waals surface area contributed by atoms with Gasteiger partial charge in [0.1, 0.15) is 17.8 Å². The summed E-state index contributed by atoms with van der Waals surface area (Å²) < 4.78 is 34.2. The van der Waals surface area contributed by atoms with Gasteiger partial charge in [0.2, 0.25) is 5.91 Å². The SMILES string of the molecule is CCOC(=O)c1cnn(-c2ccccc2)c1NC(=O)Cn1nc(C(F)F)c(Cl)c1C1CC1. The lowest BCUT2D eigenvalue weighted by molar-refractivity contribution is -0.117. The van der Waals surface area contributed by atoms with E-state index >= 15 is 0 Å². The van der Waals surface area contributed by atoms with Crippen molar-refractivity contribution < 1.29 is 23.1 Å². The van der Waals surface area contributed by atoms with Crippen molar-refractivity contribution in [2.45, 2.75) is 38.7 Å². The van der Waals surface area contributed by atoms with Crippen LogP contribution in [0.15, 0.2) is 36.5 Å². The van der Waals surface area contributed by atoms with E-state index in [2.05, 4.69) is 15.5 Å². The molecule has 0 radical (unpaired) electrons. The number of aromatic nitrogens is 4. The zero-order valence-corrected chi connectivity index (χ0v) is 17.9. The molecular formula is C21H20ClF2N5O3. The third kappa shape index (κ3) is 4.36. The van der Waals surface area contributed by atoms with Crippen LogP contribution in [-0.2, 0) is 16.1 Å². The normalized spacial score (nSPS) is 13.4. The highest BCUT2D eigenvalue weighted by molar-refractivity contribution is 6.32. The number of amides is 1. The molecule has 2 aromatic heterocycles. The molecule has 1 N–H and O–H groups in total. The highest BCUT2D eigenvalue weighted by atomic mass is 35.5. The molecule has 0 saturated heterocycles. The van der Waals surface area contributed by atoms with Crippen molar-refractivity contribution in [3.63, 3.8) is 0 Å². The Labute approximate surface area is 187 Å². The average molecular weight is 464 g/mol. The fourth-order valence-electron chi connectivity index (χ4n) is 3.38. The summed E-state index contributed by atoms with van der Waals surface area (Å²) in [4.78, 5) is 25.3. The molecule has 2 heterocycles. The number of carbonyl (C=O) groups excluding carboxylic acids is 2. The molecule has 0 atom stereocenters. The molecule has 1 aromatic carbocycles. The van der Waals surface area contributed by atoms with Crippen LogP contribution in [0, 0.1) is 0 Å². The van der Waals surface area contributed by atoms with Crippen LogP contribution in [-0.4, -0.2) is 38.0 Å². The van der Waals surface area contributed by atoms with Crippen molar-refractivity contribution in [3.05, 3.63) is 58.5 Å². The quantitative estimate of drug-likeness (QED) is 0.501. The second-order valence-electron chi connectivity index (χ2n) is 7.24. The molecule has 11 heteroatoms. The first-order valence-electron chi connectivity index (χ1n) is 10.0. The Balaban J connectivity index is 1.64. The summed E-state index contributed by atoms with van der Waals surface area (Å²) in [5, 5.41) is 10.6. The fraction of sp³-hybridized carbons (Fsp3) is 0.333. The van der Waals surface area contributed by atoms with Crippen LogP contribution in [0.3, 0.4) is 0 Å². The van der Waals surface area contributed by atoms with Gasteiger partial charge in [-0.15, -0.1) is 0 Å². The number of carbonyl (C=O) groups is 2. The van der Waals surface area contributed by atoms with Crippen molar-refractivity contribution in [3.8, 4) is 5.69 Å². The lowest BCUT2D eigenvalue weighted by Crippen LogP contribution is -2.23. The maximum atomic E-state index is 13.3. The van der Waals surface area contributed by atoms with E-state index in [0.717, 1.165) is 12.8 Å². The van der Waals surface area contributed by atoms with Gasteiger partial charge in [0.25, 0.3) is 6.43 Å². The van der Waals surface area contributed by atoms with Crippen LogP contribution in [0.2, 0.25) is 5.02 Å². The van der Waals surface area contributed by atoms with Crippen LogP contribution in [0.5, 0.6) is 0 Å². The first-order valence-corrected chi connectivity index (χ1v) is 10.4. The molecule has 168 valence electrons. The fourth-order valence-corrected chi connectivity index (χ4v) is 3.75. The Kier molecular flexibility index (Phi) is 6.22. The summed E-state index contributed by atoms with van der Waals surface area (Å²) in [7, 11) is 0. The minimum atomic E-state index is -2.85. The minimum absolute atomic E-state index is 0.000222. The number of nitrogens with zero attached hydrogens (tertiary/aromatic N) is 4. The van der Waals surface area contributed by atoms with Crippen molar-refractivity contribution in [2.75, 3.05) is 11.9 Å². The largest absolute Gasteiger partial charge is 0.462 e. The summed E-state index contributed by atoms with van der Waals surface area (Å²) in [5.41, 5.74) is 0.569. The van der Waals surface area contributed by atoms with Crippen LogP contribution in [0.4, 0.5) is 14.6 Å². The third-order valence-corrected chi connectivity index (χ3v) is 5.33. The van der Waals surface area contributed by atoms with Crippen LogP contribution in [0.1, 0.15) is 53.9 Å². The number of para-hydroxylation sites is 1. The van der Waals surface area contributed by atoms with E-state index in [1.54, 1.807) is 31.2 Å². The van der Waals surface area contributed by atoms with Gasteiger partial charge in [-0.2, -0.15) is 10.2 Å². The summed E-state index contributed by atoms with van der Waals surface area (Å²) in [6, 6.07) is 8.90. The molecule has 32 heavy (non-hydrogen) atoms. The number of benzene rings is 1. The molecule has 3 aromatic rings. The lowest BCUT2D eigenvalue weighted by atomic mass is 10.2. The van der Waals surface area contributed by atoms with E-state index in [1.165, 1.54) is 15.6 Å². The van der Waals surface area contributed by atoms with Crippen LogP contribution < -0.4 is 5.32 Å². The summed E-state index contributed by atoms with van der Waals surface area (Å²) in [6.45, 7) is 1.47. The Bertz CT molecular complexity index is 1140. The second kappa shape index (κ2) is 9.07. The highest BCUT2D eigenvalue weighted by Gasteiger charge is 2.34. The van der Waals surface area contributed by atoms with Gasteiger partial charge in [0, 0.05) is 5.92 Å². The number of hydrogen-bond acceptors (Lipinski definition) is 5. The molecule has 1 amide bonds. The Hall–Kier alpha value is -3.27. The van der Waals surface area contributed by atoms with Crippen molar-refractivity contribution in [2.24, 2.45) is 0 Å². The van der Waals surface area contributed by atoms with Crippen LogP contribution in [0.25, 0.3) is 5.69 Å². The molecule has 1 aliphatic carbocycles. The number of hydrogen-bond donors (Lipinski definition) is 1. The van der Waals surface area contributed by atoms with Crippen molar-refractivity contribution >= 4 is 29.3 Å². The first-order chi connectivity index (χ1) is 15.4. The van der Waals surface area contributed by atoms with E-state index < -0.39 is 24.0 Å². The maximum Gasteiger partial charge on any atom is 0.343 e. The summed E-state index contributed by atoms with van der Waals surface area (Å²) in [6.07, 6.45) is 0.0438. The van der Waals surface area contributed by atoms with Crippen molar-refractivity contribution in [1.29, 1.82) is 0 Å². The third-order valence-electron chi connectivity index (χ3n) is 4.94. The van der Waals surface area contributed by atoms with Gasteiger partial charge in [-0.25, -0.2) is 18.3 Å². The predicted molar refractivity (Wildman–Crippen MR) is 112 cm³/mol. The molecule has 8 nitrogen and oxygen atoms in total. The molecule has 1 fully saturated rings. The topological polar surface area (TPSA) is 91.0 Å². The summed E-state index contributed by atoms with van der Waals surface area (Å²) >= 11 is 6.12. The molecular weight excluding hydrogens is 444 g/mol. The zero-order chi connectivity index (χ0) is 22.8. The number of anilines is 1. The smallest absolute Gasteiger partial charge is 0.343 e. The standard InChI is InChI=1S/C21H20ClF2N5O3/c1-2-32-21(31)14-10-25-29(13-6-4-3-5-7-13)20(14)26-15(30)11-28-18(12-8-9-12)16(22)17(27-28)19(23)24/h3-7,10,12,19H,2,8-9,11H2,1H3,(H,26,30). The van der Waals surface area contributed by atoms with Gasteiger partial charge in [-0.05, 0) is 31.9 Å². The highest BCUT2D eigenvalue weighted by Crippen LogP contribution is 2.45. The molecule has 0 unspecified atom stereocenters. The van der Waals surface area contributed by atoms with E-state index in [9.17, 15) is 18.4 Å². The van der Waals surface area contributed by atoms with Gasteiger partial charge in [-0.3, -0.25) is 9.48 Å². The minimum Gasteiger partial charge on any atom is -0.462 e. The molecule has 4 rings (SSSR count). The molecule has 0 aliphatic heterocycles. The number of esters is 1. The van der Waals surface area contributed by atoms with Gasteiger partial charge >= 0.3 is 5.97 Å². The number of halogens is 3. The molecule has 0 spiro atoms. The average Bonchev–Trinajstić information content (AvgIpc) is 3.42. The monoisotopic (exact) mass is 463 g/mol. The Morgan fingerprint density at radius 3 is 2.62 bits per heavy atom. The number of ether oxygens (including phenoxy) is 1. The van der Waals surface area contributed by atoms with E-state index in [4.69, 9.17) is 16.3 Å². The van der Waals surface area contributed by atoms with Gasteiger partial charge in [-0.1, -0.05) is 29.8 Å². The van der Waals surface area contributed by atoms with Crippen molar-refractivity contribution in [1.82, 2.24) is 19.6 Å². The Morgan fingerprint density at radius 2 is 2.00 bits per heavy atom. The molecule has 1 aliphatic rings. The van der Waals surface area contributed by atoms with E-state index in [-0.39, 0.29) is 35.5 Å². The van der Waals surface area contributed by atoms with Gasteiger partial charge in [0.05, 0.1) is 29.2 Å². The lowest BCUT2D eigenvalue weighted by Gasteiger charge is -2.12. The zero-order valence-electron chi connectivity index (χ0n) is 17.1. The van der Waals surface area contributed by atoms with E-state index in [0.29, 0.717) is 11.4 Å². The van der Waals surface area contributed by atoms with E-state index in [1.807, 2.05) is 6.07 Å². The van der Waals surface area contributed by atoms with Gasteiger partial charge in [0.15, 0.2) is 5.82 Å². The first kappa shape index (κ1) is 21.9. The number of rotatable bonds is 8. The molecule has 1 saturated carbocycles. The maximum absolute atomic E-state index is 13.3. The predicted octanol–water partition coefficient (Wildman–Crippen LogP) is 4.35.